The molecule has 0 bridgehead atoms. The highest BCUT2D eigenvalue weighted by Gasteiger charge is 2.66. The number of hydrogen-bond donors (Lipinski definition) is 0. The molecule has 2 fully saturated rings. The first-order valence-electron chi connectivity index (χ1n) is 20.7. The van der Waals surface area contributed by atoms with Crippen molar-refractivity contribution in [3.63, 3.8) is 0 Å². The van der Waals surface area contributed by atoms with E-state index < -0.39 is 0 Å². The summed E-state index contributed by atoms with van der Waals surface area (Å²) < 4.78 is 0. The van der Waals surface area contributed by atoms with Gasteiger partial charge in [0.25, 0.3) is 0 Å². The second-order valence-corrected chi connectivity index (χ2v) is 17.2. The quantitative estimate of drug-likeness (QED) is 0.118. The summed E-state index contributed by atoms with van der Waals surface area (Å²) in [5.41, 5.74) is 18.3. The second-order valence-electron chi connectivity index (χ2n) is 17.2. The Balaban J connectivity index is 1.39. The molecule has 0 unspecified atom stereocenters. The minimum Gasteiger partial charge on any atom is -0.0654 e. The van der Waals surface area contributed by atoms with Crippen molar-refractivity contribution in [2.75, 3.05) is 0 Å². The molecule has 0 nitrogen and oxygen atoms in total. The van der Waals surface area contributed by atoms with Crippen molar-refractivity contribution >= 4 is 0 Å². The maximum atomic E-state index is 2.72. The van der Waals surface area contributed by atoms with Gasteiger partial charge in [0.05, 0.1) is 0 Å². The fraction of sp³-hybridized carbons (Fsp3) is 0.520. The van der Waals surface area contributed by atoms with Gasteiger partial charge in [-0.3, -0.25) is 0 Å². The molecular formula is C50H64. The standard InChI is InChI=1S/C50H64/c1-7-9-11-13-15-23-39-31-49-33-40(24-16-14-12-10-8-2)34-50(49,32-39)46-30-42(48-37(5)21-18-22-38(48)6)26-28-44(46)43-27-25-41(29-45(43)49)47-35(3)19-17-20-36(47)4/h17-22,25-30,39-40H,7-16,23-24,31-34H2,1-6H3. The molecule has 3 aliphatic carbocycles. The zero-order chi connectivity index (χ0) is 34.9. The Bertz CT molecular complexity index is 1620. The average molecular weight is 665 g/mol. The molecule has 0 radical (unpaired) electrons. The van der Waals surface area contributed by atoms with E-state index in [9.17, 15) is 0 Å². The van der Waals surface area contributed by atoms with Crippen LogP contribution < -0.4 is 0 Å². The van der Waals surface area contributed by atoms with Crippen LogP contribution in [0.5, 0.6) is 0 Å². The van der Waals surface area contributed by atoms with Gasteiger partial charge in [-0.05, 0) is 144 Å². The Morgan fingerprint density at radius 3 is 1.18 bits per heavy atom. The Morgan fingerprint density at radius 2 is 0.820 bits per heavy atom. The molecule has 4 aromatic rings. The Hall–Kier alpha value is -3.12. The lowest BCUT2D eigenvalue weighted by Crippen LogP contribution is -2.43. The molecule has 0 heteroatoms. The third kappa shape index (κ3) is 6.22. The van der Waals surface area contributed by atoms with Crippen LogP contribution in [0, 0.1) is 39.5 Å². The van der Waals surface area contributed by atoms with Crippen LogP contribution in [0.1, 0.15) is 150 Å². The summed E-state index contributed by atoms with van der Waals surface area (Å²) in [7, 11) is 0. The van der Waals surface area contributed by atoms with Crippen molar-refractivity contribution in [2.45, 2.75) is 155 Å². The first kappa shape index (κ1) is 35.3. The predicted molar refractivity (Wildman–Crippen MR) is 217 cm³/mol. The van der Waals surface area contributed by atoms with Gasteiger partial charge in [-0.1, -0.05) is 152 Å². The Labute approximate surface area is 305 Å². The maximum absolute atomic E-state index is 2.72. The van der Waals surface area contributed by atoms with Crippen LogP contribution in [0.4, 0.5) is 0 Å². The third-order valence-electron chi connectivity index (χ3n) is 13.8. The van der Waals surface area contributed by atoms with E-state index in [1.54, 1.807) is 11.1 Å². The summed E-state index contributed by atoms with van der Waals surface area (Å²) in [6, 6.07) is 29.1. The number of rotatable bonds is 14. The monoisotopic (exact) mass is 665 g/mol. The van der Waals surface area contributed by atoms with Crippen LogP contribution >= 0.6 is 0 Å². The van der Waals surface area contributed by atoms with Crippen LogP contribution in [0.25, 0.3) is 33.4 Å². The van der Waals surface area contributed by atoms with E-state index in [0.29, 0.717) is 0 Å². The van der Waals surface area contributed by atoms with Gasteiger partial charge in [0, 0.05) is 10.8 Å². The fourth-order valence-electron chi connectivity index (χ4n) is 11.7. The number of aryl methyl sites for hydroxylation is 4. The highest BCUT2D eigenvalue weighted by atomic mass is 14.7. The van der Waals surface area contributed by atoms with E-state index in [1.807, 2.05) is 0 Å². The summed E-state index contributed by atoms with van der Waals surface area (Å²) in [5, 5.41) is 0. The maximum Gasteiger partial charge on any atom is 0.00618 e. The van der Waals surface area contributed by atoms with Gasteiger partial charge in [0.15, 0.2) is 0 Å². The van der Waals surface area contributed by atoms with Gasteiger partial charge >= 0.3 is 0 Å². The van der Waals surface area contributed by atoms with Gasteiger partial charge in [0.2, 0.25) is 0 Å². The second kappa shape index (κ2) is 14.9. The highest BCUT2D eigenvalue weighted by molar-refractivity contribution is 5.85. The smallest absolute Gasteiger partial charge is 0.00618 e. The lowest BCUT2D eigenvalue weighted by atomic mass is 9.55. The zero-order valence-electron chi connectivity index (χ0n) is 32.4. The molecule has 0 amide bonds. The minimum atomic E-state index is 0.226. The van der Waals surface area contributed by atoms with Gasteiger partial charge in [-0.15, -0.1) is 0 Å². The van der Waals surface area contributed by atoms with E-state index in [1.165, 1.54) is 158 Å². The van der Waals surface area contributed by atoms with Crippen LogP contribution in [0.3, 0.4) is 0 Å². The molecule has 0 heterocycles. The lowest BCUT2D eigenvalue weighted by Gasteiger charge is -2.48. The van der Waals surface area contributed by atoms with E-state index >= 15 is 0 Å². The highest BCUT2D eigenvalue weighted by Crippen LogP contribution is 2.73. The molecule has 0 aliphatic heterocycles. The topological polar surface area (TPSA) is 0 Å². The Kier molecular flexibility index (Phi) is 10.5. The molecule has 50 heavy (non-hydrogen) atoms. The number of fused-ring (bicyclic) bond motifs is 3. The van der Waals surface area contributed by atoms with Crippen molar-refractivity contribution in [1.29, 1.82) is 0 Å². The van der Waals surface area contributed by atoms with Crippen molar-refractivity contribution in [3.8, 4) is 33.4 Å². The molecule has 0 aromatic heterocycles. The number of unbranched alkanes of at least 4 members (excludes halogenated alkanes) is 8. The first-order valence-corrected chi connectivity index (χ1v) is 20.7. The van der Waals surface area contributed by atoms with Crippen molar-refractivity contribution < 1.29 is 0 Å². The SMILES string of the molecule is CCCCCCCC1CC23CC(CCCCCCC)CC2(C1)c1cc(-c2c(C)cccc2C)ccc1-c1ccc(-c2c(C)cccc2C)cc13. The van der Waals surface area contributed by atoms with E-state index in [-0.39, 0.29) is 10.8 Å². The molecule has 0 atom stereocenters. The molecule has 3 aliphatic rings. The lowest BCUT2D eigenvalue weighted by molar-refractivity contribution is 0.299. The zero-order valence-corrected chi connectivity index (χ0v) is 32.4. The summed E-state index contributed by atoms with van der Waals surface area (Å²) in [4.78, 5) is 0. The Morgan fingerprint density at radius 1 is 0.460 bits per heavy atom. The summed E-state index contributed by atoms with van der Waals surface area (Å²) in [6.45, 7) is 13.9. The van der Waals surface area contributed by atoms with Gasteiger partial charge in [-0.2, -0.15) is 0 Å². The van der Waals surface area contributed by atoms with Crippen LogP contribution in [-0.4, -0.2) is 0 Å². The fourth-order valence-corrected chi connectivity index (χ4v) is 11.7. The third-order valence-corrected chi connectivity index (χ3v) is 13.8. The van der Waals surface area contributed by atoms with Gasteiger partial charge in [-0.25, -0.2) is 0 Å². The summed E-state index contributed by atoms with van der Waals surface area (Å²) in [6.07, 6.45) is 22.2. The van der Waals surface area contributed by atoms with Crippen LogP contribution in [0.15, 0.2) is 72.8 Å². The van der Waals surface area contributed by atoms with Crippen molar-refractivity contribution in [2.24, 2.45) is 11.8 Å². The van der Waals surface area contributed by atoms with Crippen molar-refractivity contribution in [1.82, 2.24) is 0 Å². The molecule has 264 valence electrons. The molecule has 2 saturated carbocycles. The van der Waals surface area contributed by atoms with Crippen LogP contribution in [-0.2, 0) is 10.8 Å². The molecule has 0 spiro atoms. The first-order chi connectivity index (χ1) is 24.3. The summed E-state index contributed by atoms with van der Waals surface area (Å²) >= 11 is 0. The number of hydrogen-bond acceptors (Lipinski definition) is 0. The summed E-state index contributed by atoms with van der Waals surface area (Å²) in [5.74, 6) is 1.63. The van der Waals surface area contributed by atoms with Gasteiger partial charge in [0.1, 0.15) is 0 Å². The predicted octanol–water partition coefficient (Wildman–Crippen LogP) is 15.0. The average Bonchev–Trinajstić information content (AvgIpc) is 3.59. The van der Waals surface area contributed by atoms with E-state index in [2.05, 4.69) is 114 Å². The molecule has 4 aromatic carbocycles. The van der Waals surface area contributed by atoms with Gasteiger partial charge < -0.3 is 0 Å². The number of benzene rings is 4. The minimum absolute atomic E-state index is 0.226. The molecule has 0 saturated heterocycles. The normalized spacial score (nSPS) is 23.4. The van der Waals surface area contributed by atoms with Crippen LogP contribution in [0.2, 0.25) is 0 Å². The van der Waals surface area contributed by atoms with Crippen molar-refractivity contribution in [3.05, 3.63) is 106 Å². The largest absolute Gasteiger partial charge is 0.0654 e. The molecule has 7 rings (SSSR count). The van der Waals surface area contributed by atoms with E-state index in [4.69, 9.17) is 0 Å². The molecule has 0 N–H and O–H groups in total. The van der Waals surface area contributed by atoms with E-state index in [0.717, 1.165) is 11.8 Å². The molecular weight excluding hydrogens is 601 g/mol.